The lowest BCUT2D eigenvalue weighted by atomic mass is 9.89. The van der Waals surface area contributed by atoms with E-state index < -0.39 is 41.7 Å². The predicted molar refractivity (Wildman–Crippen MR) is 167 cm³/mol. The van der Waals surface area contributed by atoms with E-state index in [1.165, 1.54) is 13.2 Å². The van der Waals surface area contributed by atoms with Crippen LogP contribution in [0.5, 0.6) is 17.2 Å². The summed E-state index contributed by atoms with van der Waals surface area (Å²) in [6, 6.07) is 17.2. The number of benzene rings is 3. The molecule has 0 spiro atoms. The van der Waals surface area contributed by atoms with Gasteiger partial charge in [0.25, 0.3) is 5.91 Å². The van der Waals surface area contributed by atoms with E-state index in [2.05, 4.69) is 5.32 Å². The van der Waals surface area contributed by atoms with Crippen LogP contribution >= 0.6 is 0 Å². The Hall–Kier alpha value is -4.42. The molecule has 4 aromatic rings. The van der Waals surface area contributed by atoms with E-state index >= 15 is 0 Å². The molecule has 45 heavy (non-hydrogen) atoms. The number of hydrogen-bond acceptors (Lipinski definition) is 10. The summed E-state index contributed by atoms with van der Waals surface area (Å²) in [7, 11) is 4.55. The quantitative estimate of drug-likeness (QED) is 0.228. The number of hydrogen-bond donors (Lipinski definition) is 3. The molecule has 3 N–H and O–H groups in total. The Morgan fingerprint density at radius 2 is 1.71 bits per heavy atom. The van der Waals surface area contributed by atoms with Crippen molar-refractivity contribution in [3.05, 3.63) is 82.2 Å². The first-order chi connectivity index (χ1) is 21.5. The average Bonchev–Trinajstić information content (AvgIpc) is 3.03. The summed E-state index contributed by atoms with van der Waals surface area (Å²) in [6.45, 7) is 5.32. The maximum absolute atomic E-state index is 13.3. The van der Waals surface area contributed by atoms with Crippen LogP contribution in [0, 0.1) is 0 Å². The molecule has 5 rings (SSSR count). The van der Waals surface area contributed by atoms with Crippen molar-refractivity contribution >= 4 is 22.6 Å². The van der Waals surface area contributed by atoms with E-state index in [4.69, 9.17) is 28.1 Å². The number of fused-ring (bicyclic) bond motifs is 1. The van der Waals surface area contributed by atoms with Gasteiger partial charge in [-0.15, -0.1) is 0 Å². The SMILES string of the molecule is CCc1c(O[C@@H]2OC(C)(C)C(OC)C(O)C2O)ccc2cc(NC(=O)c3ccc(OC)c(-c4cccc(OC)c4)c3)c(=O)oc12. The lowest BCUT2D eigenvalue weighted by Crippen LogP contribution is -2.63. The molecule has 1 fully saturated rings. The molecule has 11 heteroatoms. The van der Waals surface area contributed by atoms with Gasteiger partial charge in [-0.05, 0) is 74.4 Å². The number of aryl methyl sites for hydroxylation is 1. The van der Waals surface area contributed by atoms with Crippen molar-refractivity contribution in [3.8, 4) is 28.4 Å². The number of ether oxygens (including phenoxy) is 5. The molecule has 0 bridgehead atoms. The molecule has 0 radical (unpaired) electrons. The highest BCUT2D eigenvalue weighted by Crippen LogP contribution is 2.36. The van der Waals surface area contributed by atoms with Crippen LogP contribution in [0.2, 0.25) is 0 Å². The zero-order valence-electron chi connectivity index (χ0n) is 26.0. The van der Waals surface area contributed by atoms with Crippen LogP contribution in [0.15, 0.2) is 69.9 Å². The first-order valence-electron chi connectivity index (χ1n) is 14.5. The van der Waals surface area contributed by atoms with Gasteiger partial charge in [0.15, 0.2) is 0 Å². The summed E-state index contributed by atoms with van der Waals surface area (Å²) < 4.78 is 33.9. The van der Waals surface area contributed by atoms with Crippen LogP contribution in [-0.4, -0.2) is 67.7 Å². The molecular formula is C34H37NO10. The molecule has 1 saturated heterocycles. The highest BCUT2D eigenvalue weighted by molar-refractivity contribution is 6.05. The Labute approximate surface area is 260 Å². The topological polar surface area (TPSA) is 146 Å². The monoisotopic (exact) mass is 619 g/mol. The largest absolute Gasteiger partial charge is 0.497 e. The minimum absolute atomic E-state index is 0.0384. The number of carbonyl (C=O) groups excluding carboxylic acids is 1. The second-order valence-electron chi connectivity index (χ2n) is 11.2. The van der Waals surface area contributed by atoms with E-state index in [-0.39, 0.29) is 11.3 Å². The lowest BCUT2D eigenvalue weighted by Gasteiger charge is -2.46. The maximum atomic E-state index is 13.3. The second kappa shape index (κ2) is 12.9. The number of rotatable bonds is 9. The molecular weight excluding hydrogens is 582 g/mol. The fraction of sp³-hybridized carbons (Fsp3) is 0.353. The van der Waals surface area contributed by atoms with Gasteiger partial charge in [-0.25, -0.2) is 4.79 Å². The van der Waals surface area contributed by atoms with Crippen molar-refractivity contribution in [3.63, 3.8) is 0 Å². The minimum Gasteiger partial charge on any atom is -0.497 e. The van der Waals surface area contributed by atoms with Crippen molar-refractivity contribution in [2.75, 3.05) is 26.6 Å². The molecule has 4 atom stereocenters. The molecule has 3 aromatic carbocycles. The number of aliphatic hydroxyl groups excluding tert-OH is 2. The Morgan fingerprint density at radius 3 is 2.40 bits per heavy atom. The Morgan fingerprint density at radius 1 is 0.956 bits per heavy atom. The van der Waals surface area contributed by atoms with Gasteiger partial charge in [0, 0.05) is 29.2 Å². The van der Waals surface area contributed by atoms with Gasteiger partial charge in [0.2, 0.25) is 6.29 Å². The van der Waals surface area contributed by atoms with Gasteiger partial charge < -0.3 is 43.6 Å². The normalized spacial score (nSPS) is 20.9. The molecule has 1 aromatic heterocycles. The van der Waals surface area contributed by atoms with Crippen molar-refractivity contribution < 1.29 is 43.1 Å². The molecule has 0 aliphatic carbocycles. The predicted octanol–water partition coefficient (Wildman–Crippen LogP) is 4.54. The van der Waals surface area contributed by atoms with E-state index in [1.54, 1.807) is 58.4 Å². The molecule has 1 amide bonds. The number of methoxy groups -OCH3 is 3. The van der Waals surface area contributed by atoms with Crippen molar-refractivity contribution in [2.24, 2.45) is 0 Å². The van der Waals surface area contributed by atoms with Gasteiger partial charge in [0.05, 0.1) is 19.8 Å². The van der Waals surface area contributed by atoms with Gasteiger partial charge in [-0.2, -0.15) is 0 Å². The number of anilines is 1. The molecule has 2 heterocycles. The number of aliphatic hydroxyl groups is 2. The van der Waals surface area contributed by atoms with Crippen LogP contribution in [0.4, 0.5) is 5.69 Å². The Balaban J connectivity index is 1.42. The Bertz CT molecular complexity index is 1760. The highest BCUT2D eigenvalue weighted by Gasteiger charge is 2.50. The van der Waals surface area contributed by atoms with Gasteiger partial charge >= 0.3 is 5.63 Å². The van der Waals surface area contributed by atoms with Crippen LogP contribution in [0.3, 0.4) is 0 Å². The van der Waals surface area contributed by atoms with Crippen LogP contribution < -0.4 is 25.2 Å². The number of amides is 1. The summed E-state index contributed by atoms with van der Waals surface area (Å²) >= 11 is 0. The fourth-order valence-corrected chi connectivity index (χ4v) is 5.65. The minimum atomic E-state index is -1.39. The smallest absolute Gasteiger partial charge is 0.360 e. The molecule has 1 aliphatic heterocycles. The third-order valence-electron chi connectivity index (χ3n) is 7.95. The standard InChI is InChI=1S/C34H37NO10/c1-7-22-26(43-33-28(37)27(36)30(42-6)34(2,3)45-33)14-11-19-17-24(32(39)44-29(19)22)35-31(38)20-12-13-25(41-5)23(16-20)18-9-8-10-21(15-18)40-4/h8-17,27-28,30,33,36-37H,7H2,1-6H3,(H,35,38)/t27?,28?,30?,33-/m1/s1. The average molecular weight is 620 g/mol. The number of nitrogens with one attached hydrogen (secondary N) is 1. The fourth-order valence-electron chi connectivity index (χ4n) is 5.65. The third-order valence-corrected chi connectivity index (χ3v) is 7.95. The summed E-state index contributed by atoms with van der Waals surface area (Å²) in [6.07, 6.45) is -4.21. The summed E-state index contributed by atoms with van der Waals surface area (Å²) in [5.41, 5.74) is 0.841. The van der Waals surface area contributed by atoms with E-state index in [9.17, 15) is 19.8 Å². The zero-order chi connectivity index (χ0) is 32.5. The summed E-state index contributed by atoms with van der Waals surface area (Å²) in [5, 5.41) is 24.5. The summed E-state index contributed by atoms with van der Waals surface area (Å²) in [4.78, 5) is 26.4. The Kier molecular flexibility index (Phi) is 9.17. The van der Waals surface area contributed by atoms with Crippen LogP contribution in [0.25, 0.3) is 22.1 Å². The zero-order valence-corrected chi connectivity index (χ0v) is 26.0. The van der Waals surface area contributed by atoms with Crippen LogP contribution in [0.1, 0.15) is 36.7 Å². The first kappa shape index (κ1) is 32.0. The molecule has 11 nitrogen and oxygen atoms in total. The molecule has 0 saturated carbocycles. The molecule has 238 valence electrons. The summed E-state index contributed by atoms with van der Waals surface area (Å²) in [5.74, 6) is 1.03. The lowest BCUT2D eigenvalue weighted by molar-refractivity contribution is -0.306. The number of carbonyl (C=O) groups is 1. The van der Waals surface area contributed by atoms with Gasteiger partial charge in [-0.1, -0.05) is 19.1 Å². The second-order valence-corrected chi connectivity index (χ2v) is 11.2. The highest BCUT2D eigenvalue weighted by atomic mass is 16.7. The molecule has 1 aliphatic rings. The molecule has 3 unspecified atom stereocenters. The van der Waals surface area contributed by atoms with E-state index in [0.29, 0.717) is 45.7 Å². The maximum Gasteiger partial charge on any atom is 0.360 e. The van der Waals surface area contributed by atoms with E-state index in [1.807, 2.05) is 31.2 Å². The third kappa shape index (κ3) is 6.25. The van der Waals surface area contributed by atoms with Gasteiger partial charge in [0.1, 0.15) is 46.8 Å². The van der Waals surface area contributed by atoms with E-state index in [0.717, 1.165) is 5.56 Å². The van der Waals surface area contributed by atoms with Crippen molar-refractivity contribution in [1.82, 2.24) is 0 Å². The van der Waals surface area contributed by atoms with Crippen LogP contribution in [-0.2, 0) is 15.9 Å². The van der Waals surface area contributed by atoms with Crippen molar-refractivity contribution in [2.45, 2.75) is 57.4 Å². The van der Waals surface area contributed by atoms with Gasteiger partial charge in [-0.3, -0.25) is 4.79 Å². The first-order valence-corrected chi connectivity index (χ1v) is 14.5. The van der Waals surface area contributed by atoms with Crippen molar-refractivity contribution in [1.29, 1.82) is 0 Å².